The van der Waals surface area contributed by atoms with Crippen molar-refractivity contribution in [3.05, 3.63) is 41.8 Å². The van der Waals surface area contributed by atoms with Gasteiger partial charge in [0.1, 0.15) is 5.92 Å². The third kappa shape index (κ3) is 1.76. The van der Waals surface area contributed by atoms with Crippen molar-refractivity contribution in [2.24, 2.45) is 0 Å². The molecule has 1 rings (SSSR count). The molecule has 0 heterocycles. The lowest BCUT2D eigenvalue weighted by Gasteiger charge is -2.03. The molecule has 0 aliphatic carbocycles. The molecule has 0 amide bonds. The summed E-state index contributed by atoms with van der Waals surface area (Å²) in [5.74, 6) is 0.397. The van der Waals surface area contributed by atoms with Gasteiger partial charge in [0.2, 0.25) is 0 Å². The molecule has 0 spiro atoms. The summed E-state index contributed by atoms with van der Waals surface area (Å²) < 4.78 is 0. The summed E-state index contributed by atoms with van der Waals surface area (Å²) in [4.78, 5) is 0. The van der Waals surface area contributed by atoms with E-state index in [4.69, 9.17) is 0 Å². The molecule has 58 valence electrons. The van der Waals surface area contributed by atoms with E-state index in [2.05, 4.69) is 45.9 Å². The minimum Gasteiger partial charge on any atom is -0.0586 e. The number of rotatable bonds is 1. The zero-order valence-electron chi connectivity index (χ0n) is 7.52. The van der Waals surface area contributed by atoms with E-state index in [1.807, 2.05) is 0 Å². The van der Waals surface area contributed by atoms with E-state index in [1.54, 1.807) is 0 Å². The van der Waals surface area contributed by atoms with Crippen LogP contribution in [0, 0.1) is 20.8 Å². The molecule has 0 radical (unpaired) electrons. The van der Waals surface area contributed by atoms with Gasteiger partial charge in [-0.1, -0.05) is 18.2 Å². The van der Waals surface area contributed by atoms with Crippen LogP contribution in [0.15, 0.2) is 18.2 Å². The van der Waals surface area contributed by atoms with Crippen LogP contribution >= 0.6 is 0 Å². The monoisotopic (exact) mass is 147 g/mol. The third-order valence-electron chi connectivity index (χ3n) is 2.10. The highest BCUT2D eigenvalue weighted by atomic mass is 14.0. The summed E-state index contributed by atoms with van der Waals surface area (Å²) >= 11 is 0. The summed E-state index contributed by atoms with van der Waals surface area (Å²) in [7, 11) is 0. The average molecular weight is 147 g/mol. The maximum absolute atomic E-state index is 3.98. The second-order valence-electron chi connectivity index (χ2n) is 3.24. The maximum Gasteiger partial charge on any atom is 0.117 e. The molecular formula is C11H15+. The molecule has 0 aromatic heterocycles. The molecule has 0 heteroatoms. The molecule has 1 aromatic rings. The fourth-order valence-electron chi connectivity index (χ4n) is 1.07. The number of benzene rings is 1. The SMILES string of the molecule is [CH2+]C(C)c1ccc(C)c(C)c1. The molecule has 11 heavy (non-hydrogen) atoms. The Balaban J connectivity index is 3.05. The molecule has 0 nitrogen and oxygen atoms in total. The summed E-state index contributed by atoms with van der Waals surface area (Å²) in [5, 5.41) is 0. The van der Waals surface area contributed by atoms with E-state index in [9.17, 15) is 0 Å². The second-order valence-corrected chi connectivity index (χ2v) is 3.24. The second kappa shape index (κ2) is 3.00. The van der Waals surface area contributed by atoms with Crippen molar-refractivity contribution in [3.63, 3.8) is 0 Å². The quantitative estimate of drug-likeness (QED) is 0.535. The highest BCUT2D eigenvalue weighted by Gasteiger charge is 2.04. The average Bonchev–Trinajstić information content (AvgIpc) is 1.94. The van der Waals surface area contributed by atoms with Crippen LogP contribution in [-0.4, -0.2) is 0 Å². The van der Waals surface area contributed by atoms with Crippen molar-refractivity contribution >= 4 is 0 Å². The third-order valence-corrected chi connectivity index (χ3v) is 2.10. The van der Waals surface area contributed by atoms with Crippen molar-refractivity contribution in [2.75, 3.05) is 0 Å². The molecule has 0 saturated heterocycles. The molecule has 1 atom stereocenters. The minimum atomic E-state index is 0.397. The van der Waals surface area contributed by atoms with Crippen molar-refractivity contribution in [3.8, 4) is 0 Å². The first kappa shape index (κ1) is 8.19. The first-order valence-electron chi connectivity index (χ1n) is 4.01. The highest BCUT2D eigenvalue weighted by molar-refractivity contribution is 5.31. The standard InChI is InChI=1S/C11H15/c1-8(2)11-6-5-9(3)10(4)7-11/h5-8H,1H2,2-4H3/q+1. The molecule has 1 unspecified atom stereocenters. The van der Waals surface area contributed by atoms with Gasteiger partial charge in [0.25, 0.3) is 0 Å². The van der Waals surface area contributed by atoms with Crippen molar-refractivity contribution in [1.29, 1.82) is 0 Å². The van der Waals surface area contributed by atoms with Crippen LogP contribution in [0.2, 0.25) is 0 Å². The topological polar surface area (TPSA) is 0 Å². The van der Waals surface area contributed by atoms with Gasteiger partial charge in [-0.15, -0.1) is 0 Å². The van der Waals surface area contributed by atoms with Gasteiger partial charge in [0.05, 0.1) is 6.92 Å². The van der Waals surface area contributed by atoms with Crippen LogP contribution < -0.4 is 0 Å². The normalized spacial score (nSPS) is 13.0. The number of hydrogen-bond donors (Lipinski definition) is 0. The van der Waals surface area contributed by atoms with Crippen molar-refractivity contribution in [2.45, 2.75) is 26.7 Å². The Hall–Kier alpha value is -0.910. The number of hydrogen-bond acceptors (Lipinski definition) is 0. The van der Waals surface area contributed by atoms with Gasteiger partial charge in [-0.25, -0.2) is 0 Å². The summed E-state index contributed by atoms with van der Waals surface area (Å²) in [6, 6.07) is 6.53. The zero-order chi connectivity index (χ0) is 8.43. The summed E-state index contributed by atoms with van der Waals surface area (Å²) in [6.45, 7) is 10.4. The van der Waals surface area contributed by atoms with Gasteiger partial charge < -0.3 is 0 Å². The Morgan fingerprint density at radius 3 is 2.27 bits per heavy atom. The van der Waals surface area contributed by atoms with E-state index in [-0.39, 0.29) is 0 Å². The van der Waals surface area contributed by atoms with E-state index in [0.29, 0.717) is 5.92 Å². The highest BCUT2D eigenvalue weighted by Crippen LogP contribution is 2.17. The summed E-state index contributed by atoms with van der Waals surface area (Å²) in [5.41, 5.74) is 4.04. The van der Waals surface area contributed by atoms with Crippen molar-refractivity contribution < 1.29 is 0 Å². The van der Waals surface area contributed by atoms with Gasteiger partial charge >= 0.3 is 0 Å². The van der Waals surface area contributed by atoms with Gasteiger partial charge in [-0.3, -0.25) is 0 Å². The van der Waals surface area contributed by atoms with Crippen molar-refractivity contribution in [1.82, 2.24) is 0 Å². The zero-order valence-corrected chi connectivity index (χ0v) is 7.52. The van der Waals surface area contributed by atoms with E-state index in [0.717, 1.165) is 0 Å². The lowest BCUT2D eigenvalue weighted by molar-refractivity contribution is 0.959. The predicted molar refractivity (Wildman–Crippen MR) is 49.7 cm³/mol. The molecule has 0 aliphatic rings. The molecule has 0 bridgehead atoms. The molecule has 1 aromatic carbocycles. The molecular weight excluding hydrogens is 132 g/mol. The number of aryl methyl sites for hydroxylation is 2. The molecule has 0 aliphatic heterocycles. The lowest BCUT2D eigenvalue weighted by Crippen LogP contribution is -1.89. The Morgan fingerprint density at radius 1 is 1.18 bits per heavy atom. The van der Waals surface area contributed by atoms with E-state index >= 15 is 0 Å². The largest absolute Gasteiger partial charge is 0.117 e. The molecule has 0 fully saturated rings. The molecule has 0 saturated carbocycles. The van der Waals surface area contributed by atoms with Crippen LogP contribution in [-0.2, 0) is 0 Å². The smallest absolute Gasteiger partial charge is 0.0586 e. The Morgan fingerprint density at radius 2 is 1.82 bits per heavy atom. The van der Waals surface area contributed by atoms with Crippen LogP contribution in [0.5, 0.6) is 0 Å². The fraction of sp³-hybridized carbons (Fsp3) is 0.364. The van der Waals surface area contributed by atoms with Crippen LogP contribution in [0.3, 0.4) is 0 Å². The van der Waals surface area contributed by atoms with Gasteiger partial charge in [0, 0.05) is 0 Å². The lowest BCUT2D eigenvalue weighted by atomic mass is 9.99. The Kier molecular flexibility index (Phi) is 2.23. The Labute approximate surface area is 69.3 Å². The Bertz CT molecular complexity index is 246. The van der Waals surface area contributed by atoms with E-state index < -0.39 is 0 Å². The van der Waals surface area contributed by atoms with Gasteiger partial charge in [-0.2, -0.15) is 0 Å². The first-order chi connectivity index (χ1) is 5.11. The first-order valence-corrected chi connectivity index (χ1v) is 4.01. The maximum atomic E-state index is 3.98. The predicted octanol–water partition coefficient (Wildman–Crippen LogP) is 3.24. The van der Waals surface area contributed by atoms with Crippen LogP contribution in [0.1, 0.15) is 29.5 Å². The van der Waals surface area contributed by atoms with Gasteiger partial charge in [0.15, 0.2) is 0 Å². The molecule has 0 N–H and O–H groups in total. The van der Waals surface area contributed by atoms with Crippen LogP contribution in [0.25, 0.3) is 0 Å². The summed E-state index contributed by atoms with van der Waals surface area (Å²) in [6.07, 6.45) is 0. The fourth-order valence-corrected chi connectivity index (χ4v) is 1.07. The minimum absolute atomic E-state index is 0.397. The van der Waals surface area contributed by atoms with E-state index in [1.165, 1.54) is 16.7 Å². The van der Waals surface area contributed by atoms with Gasteiger partial charge in [-0.05, 0) is 37.5 Å². The van der Waals surface area contributed by atoms with Crippen LogP contribution in [0.4, 0.5) is 0 Å².